The number of aryl methyl sites for hydroxylation is 1. The predicted octanol–water partition coefficient (Wildman–Crippen LogP) is 2.98. The van der Waals surface area contributed by atoms with E-state index in [1.807, 2.05) is 17.9 Å². The van der Waals surface area contributed by atoms with Crippen molar-refractivity contribution in [3.05, 3.63) is 41.7 Å². The molecule has 106 valence electrons. The van der Waals surface area contributed by atoms with Crippen LogP contribution in [0.3, 0.4) is 0 Å². The third-order valence-corrected chi connectivity index (χ3v) is 4.08. The summed E-state index contributed by atoms with van der Waals surface area (Å²) in [5.74, 6) is 0. The third-order valence-electron chi connectivity index (χ3n) is 4.08. The first kappa shape index (κ1) is 13.0. The van der Waals surface area contributed by atoms with E-state index in [0.29, 0.717) is 6.04 Å². The van der Waals surface area contributed by atoms with Crippen molar-refractivity contribution >= 4 is 11.4 Å². The predicted molar refractivity (Wildman–Crippen MR) is 83.3 cm³/mol. The van der Waals surface area contributed by atoms with Crippen molar-refractivity contribution in [1.29, 1.82) is 0 Å². The highest BCUT2D eigenvalue weighted by atomic mass is 15.3. The van der Waals surface area contributed by atoms with Gasteiger partial charge in [-0.1, -0.05) is 6.07 Å². The van der Waals surface area contributed by atoms with Crippen LogP contribution in [0.25, 0.3) is 0 Å². The Balaban J connectivity index is 1.84. The first-order valence-electron chi connectivity index (χ1n) is 7.20. The van der Waals surface area contributed by atoms with E-state index in [1.165, 1.54) is 35.5 Å². The molecule has 0 saturated heterocycles. The largest absolute Gasteiger partial charge is 0.378 e. The van der Waals surface area contributed by atoms with Crippen LogP contribution in [0.5, 0.6) is 0 Å². The SMILES string of the molecule is CN(C)c1cccc(NC2CCCc3c2cnn3C)c1. The Bertz CT molecular complexity index is 600. The van der Waals surface area contributed by atoms with E-state index in [1.54, 1.807) is 0 Å². The number of nitrogens with one attached hydrogen (secondary N) is 1. The summed E-state index contributed by atoms with van der Waals surface area (Å²) in [4.78, 5) is 2.13. The third kappa shape index (κ3) is 2.38. The highest BCUT2D eigenvalue weighted by Gasteiger charge is 2.23. The van der Waals surface area contributed by atoms with Crippen LogP contribution >= 0.6 is 0 Å². The molecule has 1 unspecified atom stereocenters. The molecule has 1 N–H and O–H groups in total. The van der Waals surface area contributed by atoms with Gasteiger partial charge >= 0.3 is 0 Å². The zero-order valence-corrected chi connectivity index (χ0v) is 12.4. The normalized spacial score (nSPS) is 17.6. The highest BCUT2D eigenvalue weighted by molar-refractivity contribution is 5.58. The fourth-order valence-electron chi connectivity index (χ4n) is 2.93. The van der Waals surface area contributed by atoms with Gasteiger partial charge in [0.2, 0.25) is 0 Å². The van der Waals surface area contributed by atoms with Crippen LogP contribution in [0.4, 0.5) is 11.4 Å². The molecule has 20 heavy (non-hydrogen) atoms. The van der Waals surface area contributed by atoms with Crippen LogP contribution in [0, 0.1) is 0 Å². The number of benzene rings is 1. The second-order valence-corrected chi connectivity index (χ2v) is 5.70. The summed E-state index contributed by atoms with van der Waals surface area (Å²) in [6, 6.07) is 8.94. The summed E-state index contributed by atoms with van der Waals surface area (Å²) in [5.41, 5.74) is 5.13. The maximum atomic E-state index is 4.40. The molecule has 0 radical (unpaired) electrons. The number of aromatic nitrogens is 2. The maximum Gasteiger partial charge on any atom is 0.0547 e. The zero-order valence-electron chi connectivity index (χ0n) is 12.4. The Morgan fingerprint density at radius 3 is 3.00 bits per heavy atom. The van der Waals surface area contributed by atoms with Gasteiger partial charge in [-0.05, 0) is 37.5 Å². The molecule has 0 saturated carbocycles. The molecule has 1 aromatic heterocycles. The van der Waals surface area contributed by atoms with E-state index in [9.17, 15) is 0 Å². The van der Waals surface area contributed by atoms with Crippen LogP contribution in [-0.2, 0) is 13.5 Å². The summed E-state index contributed by atoms with van der Waals surface area (Å²) >= 11 is 0. The molecular formula is C16H22N4. The van der Waals surface area contributed by atoms with Crippen LogP contribution in [-0.4, -0.2) is 23.9 Å². The maximum absolute atomic E-state index is 4.40. The molecule has 2 aromatic rings. The first-order chi connectivity index (χ1) is 9.65. The van der Waals surface area contributed by atoms with Gasteiger partial charge in [0.1, 0.15) is 0 Å². The molecule has 0 amide bonds. The minimum Gasteiger partial charge on any atom is -0.378 e. The molecule has 0 spiro atoms. The van der Waals surface area contributed by atoms with E-state index in [4.69, 9.17) is 0 Å². The molecule has 4 heteroatoms. The van der Waals surface area contributed by atoms with Gasteiger partial charge in [0.25, 0.3) is 0 Å². The monoisotopic (exact) mass is 270 g/mol. The topological polar surface area (TPSA) is 33.1 Å². The summed E-state index contributed by atoms with van der Waals surface area (Å²) < 4.78 is 2.01. The lowest BCUT2D eigenvalue weighted by atomic mass is 9.93. The van der Waals surface area contributed by atoms with Crippen LogP contribution in [0.2, 0.25) is 0 Å². The Labute approximate surface area is 120 Å². The van der Waals surface area contributed by atoms with Crippen molar-refractivity contribution in [3.8, 4) is 0 Å². The molecule has 1 aliphatic carbocycles. The first-order valence-corrected chi connectivity index (χ1v) is 7.20. The zero-order chi connectivity index (χ0) is 14.1. The molecule has 1 aliphatic rings. The number of fused-ring (bicyclic) bond motifs is 1. The number of hydrogen-bond donors (Lipinski definition) is 1. The summed E-state index contributed by atoms with van der Waals surface area (Å²) in [7, 11) is 6.17. The van der Waals surface area contributed by atoms with Crippen molar-refractivity contribution in [1.82, 2.24) is 9.78 Å². The summed E-state index contributed by atoms with van der Waals surface area (Å²) in [6.45, 7) is 0. The van der Waals surface area contributed by atoms with Gasteiger partial charge in [-0.15, -0.1) is 0 Å². The minimum atomic E-state index is 0.380. The summed E-state index contributed by atoms with van der Waals surface area (Å²) in [6.07, 6.45) is 5.55. The van der Waals surface area contributed by atoms with E-state index >= 15 is 0 Å². The number of hydrogen-bond acceptors (Lipinski definition) is 3. The van der Waals surface area contributed by atoms with E-state index in [2.05, 4.69) is 53.7 Å². The Kier molecular flexibility index (Phi) is 3.38. The van der Waals surface area contributed by atoms with Crippen LogP contribution < -0.4 is 10.2 Å². The van der Waals surface area contributed by atoms with Gasteiger partial charge in [0, 0.05) is 43.8 Å². The lowest BCUT2D eigenvalue weighted by molar-refractivity contribution is 0.571. The Morgan fingerprint density at radius 1 is 1.35 bits per heavy atom. The number of anilines is 2. The molecule has 1 heterocycles. The second-order valence-electron chi connectivity index (χ2n) is 5.70. The quantitative estimate of drug-likeness (QED) is 0.931. The van der Waals surface area contributed by atoms with Gasteiger partial charge in [-0.25, -0.2) is 0 Å². The second kappa shape index (κ2) is 5.19. The van der Waals surface area contributed by atoms with E-state index in [0.717, 1.165) is 6.42 Å². The van der Waals surface area contributed by atoms with Crippen molar-refractivity contribution in [2.24, 2.45) is 7.05 Å². The molecule has 0 aliphatic heterocycles. The van der Waals surface area contributed by atoms with E-state index in [-0.39, 0.29) is 0 Å². The Morgan fingerprint density at radius 2 is 2.20 bits per heavy atom. The molecule has 1 atom stereocenters. The van der Waals surface area contributed by atoms with Gasteiger partial charge in [-0.2, -0.15) is 5.10 Å². The van der Waals surface area contributed by atoms with Crippen molar-refractivity contribution in [2.75, 3.05) is 24.3 Å². The number of rotatable bonds is 3. The average molecular weight is 270 g/mol. The van der Waals surface area contributed by atoms with Crippen LogP contribution in [0.15, 0.2) is 30.5 Å². The van der Waals surface area contributed by atoms with Gasteiger partial charge in [0.15, 0.2) is 0 Å². The molecular weight excluding hydrogens is 248 g/mol. The number of nitrogens with zero attached hydrogens (tertiary/aromatic N) is 3. The van der Waals surface area contributed by atoms with Crippen molar-refractivity contribution < 1.29 is 0 Å². The molecule has 0 fully saturated rings. The van der Waals surface area contributed by atoms with Crippen molar-refractivity contribution in [2.45, 2.75) is 25.3 Å². The standard InChI is InChI=1S/C16H22N4/c1-19(2)13-7-4-6-12(10-13)18-15-8-5-9-16-14(15)11-17-20(16)3/h4,6-7,10-11,15,18H,5,8-9H2,1-3H3. The van der Waals surface area contributed by atoms with Gasteiger partial charge in [-0.3, -0.25) is 4.68 Å². The van der Waals surface area contributed by atoms with E-state index < -0.39 is 0 Å². The molecule has 1 aromatic carbocycles. The fraction of sp³-hybridized carbons (Fsp3) is 0.438. The van der Waals surface area contributed by atoms with Gasteiger partial charge in [0.05, 0.1) is 12.2 Å². The summed E-state index contributed by atoms with van der Waals surface area (Å²) in [5, 5.41) is 8.07. The van der Waals surface area contributed by atoms with Gasteiger partial charge < -0.3 is 10.2 Å². The lowest BCUT2D eigenvalue weighted by Gasteiger charge is -2.25. The highest BCUT2D eigenvalue weighted by Crippen LogP contribution is 2.32. The smallest absolute Gasteiger partial charge is 0.0547 e. The van der Waals surface area contributed by atoms with Crippen LogP contribution in [0.1, 0.15) is 30.1 Å². The fourth-order valence-corrected chi connectivity index (χ4v) is 2.93. The molecule has 3 rings (SSSR count). The minimum absolute atomic E-state index is 0.380. The van der Waals surface area contributed by atoms with Crippen molar-refractivity contribution in [3.63, 3.8) is 0 Å². The molecule has 0 bridgehead atoms. The Hall–Kier alpha value is -1.97. The lowest BCUT2D eigenvalue weighted by Crippen LogP contribution is -2.18. The average Bonchev–Trinajstić information content (AvgIpc) is 2.82. The molecule has 4 nitrogen and oxygen atoms in total.